The van der Waals surface area contributed by atoms with E-state index in [-0.39, 0.29) is 26.3 Å². The number of halogens is 1. The lowest BCUT2D eigenvalue weighted by molar-refractivity contribution is 0.0478. The Balaban J connectivity index is 2.76. The van der Waals surface area contributed by atoms with E-state index in [1.807, 2.05) is 6.07 Å². The normalized spacial score (nSPS) is 13.2. The third-order valence-corrected chi connectivity index (χ3v) is 7.67. The number of ether oxygens (including phenoxy) is 4. The van der Waals surface area contributed by atoms with Crippen LogP contribution in [0.15, 0.2) is 30.3 Å². The van der Waals surface area contributed by atoms with Gasteiger partial charge in [0.1, 0.15) is 11.6 Å². The first-order chi connectivity index (χ1) is 15.3. The van der Waals surface area contributed by atoms with E-state index in [0.717, 1.165) is 36.6 Å². The monoisotopic (exact) mass is 464 g/mol. The maximum atomic E-state index is 13.9. The molecule has 7 heteroatoms. The molecule has 0 aliphatic carbocycles. The first-order valence-corrected chi connectivity index (χ1v) is 11.8. The Morgan fingerprint density at radius 2 is 1.84 bits per heavy atom. The second-order valence-electron chi connectivity index (χ2n) is 7.67. The van der Waals surface area contributed by atoms with E-state index in [4.69, 9.17) is 18.9 Å². The topological polar surface area (TPSA) is 54.0 Å². The smallest absolute Gasteiger partial charge is 0.188 e. The summed E-state index contributed by atoms with van der Waals surface area (Å²) in [6.07, 6.45) is 3.66. The number of methoxy groups -OCH3 is 3. The zero-order valence-corrected chi connectivity index (χ0v) is 20.8. The highest BCUT2D eigenvalue weighted by molar-refractivity contribution is 7.48. The number of hydrogen-bond donors (Lipinski definition) is 0. The summed E-state index contributed by atoms with van der Waals surface area (Å²) in [5.74, 6) is 1.26. The lowest BCUT2D eigenvalue weighted by Crippen LogP contribution is -2.26. The molecule has 2 unspecified atom stereocenters. The van der Waals surface area contributed by atoms with Crippen LogP contribution in [0.4, 0.5) is 4.39 Å². The summed E-state index contributed by atoms with van der Waals surface area (Å²) in [6.45, 7) is 5.83. The SMILES string of the molecule is CCCCC(CC)(Pc1ccc(F)cc1C(C)=O)c1cc(OC)cc(OC)c1OCOC. The van der Waals surface area contributed by atoms with Crippen LogP contribution < -0.4 is 19.5 Å². The highest BCUT2D eigenvalue weighted by Gasteiger charge is 2.36. The average Bonchev–Trinajstić information content (AvgIpc) is 2.80. The van der Waals surface area contributed by atoms with Gasteiger partial charge < -0.3 is 18.9 Å². The van der Waals surface area contributed by atoms with Crippen LogP contribution in [0.5, 0.6) is 17.2 Å². The second-order valence-corrected chi connectivity index (χ2v) is 9.41. The number of carbonyl (C=O) groups is 1. The first-order valence-electron chi connectivity index (χ1n) is 10.8. The van der Waals surface area contributed by atoms with Gasteiger partial charge >= 0.3 is 0 Å². The molecule has 2 atom stereocenters. The molecule has 0 amide bonds. The zero-order valence-electron chi connectivity index (χ0n) is 19.8. The Hall–Kier alpha value is -2.17. The van der Waals surface area contributed by atoms with Gasteiger partial charge in [-0.05, 0) is 43.3 Å². The van der Waals surface area contributed by atoms with Crippen molar-refractivity contribution in [1.29, 1.82) is 0 Å². The van der Waals surface area contributed by atoms with Crippen LogP contribution in [0.3, 0.4) is 0 Å². The lowest BCUT2D eigenvalue weighted by Gasteiger charge is -2.36. The molecule has 0 saturated carbocycles. The van der Waals surface area contributed by atoms with E-state index in [1.54, 1.807) is 33.5 Å². The maximum Gasteiger partial charge on any atom is 0.188 e. The summed E-state index contributed by atoms with van der Waals surface area (Å²) in [5.41, 5.74) is 1.37. The minimum absolute atomic E-state index is 0.0710. The van der Waals surface area contributed by atoms with E-state index >= 15 is 0 Å². The number of carbonyl (C=O) groups excluding carboxylic acids is 1. The van der Waals surface area contributed by atoms with Crippen LogP contribution in [-0.4, -0.2) is 33.9 Å². The summed E-state index contributed by atoms with van der Waals surface area (Å²) in [7, 11) is 4.99. The molecule has 0 aliphatic rings. The Bertz CT molecular complexity index is 917. The van der Waals surface area contributed by atoms with Crippen LogP contribution in [0.2, 0.25) is 0 Å². The van der Waals surface area contributed by atoms with E-state index in [1.165, 1.54) is 19.1 Å². The number of benzene rings is 2. The Labute approximate surface area is 192 Å². The van der Waals surface area contributed by atoms with Gasteiger partial charge in [0.05, 0.1) is 14.2 Å². The van der Waals surface area contributed by atoms with E-state index in [0.29, 0.717) is 22.8 Å². The third-order valence-electron chi connectivity index (χ3n) is 5.62. The fourth-order valence-corrected chi connectivity index (χ4v) is 5.71. The van der Waals surface area contributed by atoms with Crippen molar-refractivity contribution in [2.24, 2.45) is 0 Å². The highest BCUT2D eigenvalue weighted by Crippen LogP contribution is 2.54. The number of unbranched alkanes of at least 4 members (excludes halogenated alkanes) is 1. The number of rotatable bonds is 13. The zero-order chi connectivity index (χ0) is 23.7. The predicted octanol–water partition coefficient (Wildman–Crippen LogP) is 5.83. The van der Waals surface area contributed by atoms with Gasteiger partial charge in [-0.1, -0.05) is 41.3 Å². The van der Waals surface area contributed by atoms with Crippen molar-refractivity contribution >= 4 is 19.7 Å². The second kappa shape index (κ2) is 12.2. The van der Waals surface area contributed by atoms with Gasteiger partial charge in [0.25, 0.3) is 0 Å². The molecule has 0 aromatic heterocycles. The molecule has 2 aromatic rings. The van der Waals surface area contributed by atoms with Crippen molar-refractivity contribution in [3.05, 3.63) is 47.3 Å². The fraction of sp³-hybridized carbons (Fsp3) is 0.480. The van der Waals surface area contributed by atoms with Crippen LogP contribution in [0.25, 0.3) is 0 Å². The van der Waals surface area contributed by atoms with Gasteiger partial charge in [0.2, 0.25) is 0 Å². The molecular weight excluding hydrogens is 430 g/mol. The summed E-state index contributed by atoms with van der Waals surface area (Å²) in [4.78, 5) is 12.3. The van der Waals surface area contributed by atoms with E-state index in [9.17, 15) is 9.18 Å². The summed E-state index contributed by atoms with van der Waals surface area (Å²) < 4.78 is 36.3. The van der Waals surface area contributed by atoms with Crippen molar-refractivity contribution in [3.63, 3.8) is 0 Å². The molecule has 0 radical (unpaired) electrons. The molecule has 0 saturated heterocycles. The minimum Gasteiger partial charge on any atom is -0.497 e. The molecule has 0 bridgehead atoms. The number of ketones is 1. The van der Waals surface area contributed by atoms with Crippen LogP contribution in [0.1, 0.15) is 62.4 Å². The van der Waals surface area contributed by atoms with Crippen molar-refractivity contribution in [2.75, 3.05) is 28.1 Å². The molecular formula is C25H34FO5P. The van der Waals surface area contributed by atoms with Gasteiger partial charge in [-0.3, -0.25) is 4.79 Å². The Morgan fingerprint density at radius 3 is 2.41 bits per heavy atom. The molecule has 0 heterocycles. The standard InChI is InChI=1S/C25H34FO5P/c1-7-9-12-25(8-2,32-23-11-10-18(26)13-20(23)17(3)27)21-14-19(29-5)15-22(30-6)24(21)31-16-28-4/h10-11,13-15,32H,7-9,12,16H2,1-6H3. The lowest BCUT2D eigenvalue weighted by atomic mass is 9.88. The van der Waals surface area contributed by atoms with E-state index in [2.05, 4.69) is 13.8 Å². The van der Waals surface area contributed by atoms with Gasteiger partial charge in [0, 0.05) is 29.5 Å². The molecule has 0 N–H and O–H groups in total. The molecule has 2 aromatic carbocycles. The van der Waals surface area contributed by atoms with Crippen molar-refractivity contribution in [1.82, 2.24) is 0 Å². The summed E-state index contributed by atoms with van der Waals surface area (Å²) in [6, 6.07) is 8.25. The van der Waals surface area contributed by atoms with Gasteiger partial charge in [0.15, 0.2) is 24.1 Å². The van der Waals surface area contributed by atoms with Crippen LogP contribution >= 0.6 is 8.58 Å². The minimum atomic E-state index is -0.411. The van der Waals surface area contributed by atoms with Gasteiger partial charge in [-0.2, -0.15) is 0 Å². The van der Waals surface area contributed by atoms with Crippen LogP contribution in [0, 0.1) is 5.82 Å². The molecule has 32 heavy (non-hydrogen) atoms. The van der Waals surface area contributed by atoms with Crippen molar-refractivity contribution in [3.8, 4) is 17.2 Å². The summed E-state index contributed by atoms with van der Waals surface area (Å²) in [5, 5.41) is 0.486. The molecule has 0 aliphatic heterocycles. The molecule has 2 rings (SSSR count). The van der Waals surface area contributed by atoms with E-state index < -0.39 is 5.82 Å². The molecule has 5 nitrogen and oxygen atoms in total. The molecule has 0 spiro atoms. The average molecular weight is 465 g/mol. The van der Waals surface area contributed by atoms with Crippen molar-refractivity contribution < 1.29 is 28.1 Å². The summed E-state index contributed by atoms with van der Waals surface area (Å²) >= 11 is 0. The Kier molecular flexibility index (Phi) is 9.92. The quantitative estimate of drug-likeness (QED) is 0.212. The Morgan fingerprint density at radius 1 is 1.09 bits per heavy atom. The highest BCUT2D eigenvalue weighted by atomic mass is 31.1. The van der Waals surface area contributed by atoms with Crippen molar-refractivity contribution in [2.45, 2.75) is 51.6 Å². The van der Waals surface area contributed by atoms with Gasteiger partial charge in [-0.25, -0.2) is 4.39 Å². The largest absolute Gasteiger partial charge is 0.497 e. The fourth-order valence-electron chi connectivity index (χ4n) is 3.84. The maximum absolute atomic E-state index is 13.9. The predicted molar refractivity (Wildman–Crippen MR) is 128 cm³/mol. The first kappa shape index (κ1) is 26.1. The van der Waals surface area contributed by atoms with Crippen LogP contribution in [-0.2, 0) is 9.89 Å². The number of hydrogen-bond acceptors (Lipinski definition) is 5. The molecule has 176 valence electrons. The molecule has 0 fully saturated rings. The van der Waals surface area contributed by atoms with Gasteiger partial charge in [-0.15, -0.1) is 0 Å². The number of Topliss-reactive ketones (excluding diaryl/α,β-unsaturated/α-hetero) is 1. The third kappa shape index (κ3) is 5.99.